The second-order valence-corrected chi connectivity index (χ2v) is 6.35. The summed E-state index contributed by atoms with van der Waals surface area (Å²) >= 11 is 12.2. The summed E-state index contributed by atoms with van der Waals surface area (Å²) < 4.78 is 0. The normalized spacial score (nSPS) is 18.4. The molecule has 0 fully saturated rings. The van der Waals surface area contributed by atoms with Crippen LogP contribution in [0, 0.1) is 11.8 Å². The van der Waals surface area contributed by atoms with Gasteiger partial charge in [-0.3, -0.25) is 0 Å². The number of aliphatic hydroxyl groups is 1. The van der Waals surface area contributed by atoms with Crippen LogP contribution in [0.15, 0.2) is 35.7 Å². The van der Waals surface area contributed by atoms with Crippen molar-refractivity contribution in [2.75, 3.05) is 0 Å². The third-order valence-corrected chi connectivity index (χ3v) is 3.69. The highest BCUT2D eigenvalue weighted by atomic mass is 35.5. The van der Waals surface area contributed by atoms with Gasteiger partial charge in [0.05, 0.1) is 0 Å². The maximum Gasteiger partial charge on any atom is 0.178 e. The van der Waals surface area contributed by atoms with Gasteiger partial charge in [-0.15, -0.1) is 0 Å². The van der Waals surface area contributed by atoms with Crippen LogP contribution in [0.25, 0.3) is 0 Å². The molecule has 1 unspecified atom stereocenters. The molecule has 1 aromatic rings. The number of alkyl halides is 1. The molecule has 0 aliphatic carbocycles. The molecule has 0 saturated heterocycles. The molecular weight excluding hydrogens is 307 g/mol. The standard InChI is InChI=1S/C16H18Cl2N2O/c1-11-14(8-9-16(2,3)21)19-15(18)20(11)10-12-4-6-13(17)7-5-12/h4-7,15,19,21H,10H2,1-3H3. The van der Waals surface area contributed by atoms with E-state index in [0.29, 0.717) is 11.6 Å². The number of halogens is 2. The Morgan fingerprint density at radius 1 is 1.33 bits per heavy atom. The summed E-state index contributed by atoms with van der Waals surface area (Å²) in [6.07, 6.45) is 0. The Morgan fingerprint density at radius 3 is 2.52 bits per heavy atom. The molecule has 0 bridgehead atoms. The van der Waals surface area contributed by atoms with Gasteiger partial charge in [0.2, 0.25) is 0 Å². The molecule has 0 saturated carbocycles. The monoisotopic (exact) mass is 324 g/mol. The molecule has 2 N–H and O–H groups in total. The van der Waals surface area contributed by atoms with E-state index < -0.39 is 5.60 Å². The molecule has 1 aromatic carbocycles. The summed E-state index contributed by atoms with van der Waals surface area (Å²) in [6, 6.07) is 7.66. The molecular formula is C16H18Cl2N2O. The van der Waals surface area contributed by atoms with Crippen LogP contribution in [-0.4, -0.2) is 21.2 Å². The summed E-state index contributed by atoms with van der Waals surface area (Å²) in [6.45, 7) is 5.92. The highest BCUT2D eigenvalue weighted by molar-refractivity contribution is 6.30. The number of nitrogens with one attached hydrogen (secondary N) is 1. The molecule has 1 aliphatic rings. The Hall–Kier alpha value is -1.34. The van der Waals surface area contributed by atoms with E-state index in [1.165, 1.54) is 0 Å². The van der Waals surface area contributed by atoms with Crippen LogP contribution in [0.4, 0.5) is 0 Å². The van der Waals surface area contributed by atoms with Gasteiger partial charge >= 0.3 is 0 Å². The summed E-state index contributed by atoms with van der Waals surface area (Å²) in [4.78, 5) is 2.01. The minimum atomic E-state index is -1.03. The van der Waals surface area contributed by atoms with E-state index in [1.807, 2.05) is 36.1 Å². The van der Waals surface area contributed by atoms with Gasteiger partial charge in [0.15, 0.2) is 5.62 Å². The van der Waals surface area contributed by atoms with E-state index in [4.69, 9.17) is 23.2 Å². The molecule has 1 aliphatic heterocycles. The summed E-state index contributed by atoms with van der Waals surface area (Å²) in [5.74, 6) is 5.74. The van der Waals surface area contributed by atoms with Crippen LogP contribution < -0.4 is 5.32 Å². The average molecular weight is 325 g/mol. The molecule has 1 heterocycles. The van der Waals surface area contributed by atoms with Gasteiger partial charge in [-0.1, -0.05) is 41.3 Å². The quantitative estimate of drug-likeness (QED) is 0.498. The Balaban J connectivity index is 2.18. The van der Waals surface area contributed by atoms with Crippen LogP contribution in [0.3, 0.4) is 0 Å². The van der Waals surface area contributed by atoms with E-state index in [0.717, 1.165) is 17.0 Å². The van der Waals surface area contributed by atoms with Gasteiger partial charge in [0.25, 0.3) is 0 Å². The van der Waals surface area contributed by atoms with Crippen LogP contribution >= 0.6 is 23.2 Å². The Labute approximate surface area is 135 Å². The third kappa shape index (κ3) is 4.31. The lowest BCUT2D eigenvalue weighted by Crippen LogP contribution is -2.31. The minimum absolute atomic E-state index is 0.355. The fraction of sp³-hybridized carbons (Fsp3) is 0.375. The first kappa shape index (κ1) is 16.0. The van der Waals surface area contributed by atoms with Crippen molar-refractivity contribution in [1.82, 2.24) is 10.2 Å². The lowest BCUT2D eigenvalue weighted by Gasteiger charge is -2.23. The van der Waals surface area contributed by atoms with Crippen LogP contribution in [0.1, 0.15) is 26.3 Å². The van der Waals surface area contributed by atoms with Crippen molar-refractivity contribution in [2.45, 2.75) is 38.5 Å². The number of benzene rings is 1. The summed E-state index contributed by atoms with van der Waals surface area (Å²) in [5, 5.41) is 13.5. The second kappa shape index (κ2) is 6.19. The van der Waals surface area contributed by atoms with E-state index in [-0.39, 0.29) is 5.62 Å². The second-order valence-electron chi connectivity index (χ2n) is 5.50. The number of hydrogen-bond donors (Lipinski definition) is 2. The number of rotatable bonds is 2. The first-order valence-electron chi connectivity index (χ1n) is 6.64. The SMILES string of the molecule is CC1=C(C#CC(C)(C)O)NC(Cl)N1Cc1ccc(Cl)cc1. The van der Waals surface area contributed by atoms with Crippen molar-refractivity contribution in [3.05, 3.63) is 46.2 Å². The predicted molar refractivity (Wildman–Crippen MR) is 86.5 cm³/mol. The molecule has 0 aromatic heterocycles. The van der Waals surface area contributed by atoms with Crippen molar-refractivity contribution < 1.29 is 5.11 Å². The smallest absolute Gasteiger partial charge is 0.178 e. The largest absolute Gasteiger partial charge is 0.378 e. The highest BCUT2D eigenvalue weighted by Gasteiger charge is 2.26. The van der Waals surface area contributed by atoms with Crippen molar-refractivity contribution in [1.29, 1.82) is 0 Å². The van der Waals surface area contributed by atoms with Crippen molar-refractivity contribution in [2.24, 2.45) is 0 Å². The van der Waals surface area contributed by atoms with Crippen molar-refractivity contribution >= 4 is 23.2 Å². The molecule has 0 amide bonds. The Morgan fingerprint density at radius 2 is 1.95 bits per heavy atom. The Bertz CT molecular complexity index is 606. The molecule has 21 heavy (non-hydrogen) atoms. The van der Waals surface area contributed by atoms with Gasteiger partial charge in [0.1, 0.15) is 11.3 Å². The van der Waals surface area contributed by atoms with Gasteiger partial charge in [-0.05, 0) is 44.4 Å². The summed E-state index contributed by atoms with van der Waals surface area (Å²) in [7, 11) is 0. The molecule has 0 radical (unpaired) electrons. The molecule has 5 heteroatoms. The summed E-state index contributed by atoms with van der Waals surface area (Å²) in [5.41, 5.74) is 1.43. The van der Waals surface area contributed by atoms with Crippen LogP contribution in [0.5, 0.6) is 0 Å². The first-order valence-corrected chi connectivity index (χ1v) is 7.46. The van der Waals surface area contributed by atoms with Gasteiger partial charge in [-0.2, -0.15) is 0 Å². The molecule has 0 spiro atoms. The molecule has 112 valence electrons. The number of hydrogen-bond acceptors (Lipinski definition) is 3. The van der Waals surface area contributed by atoms with Crippen molar-refractivity contribution in [3.63, 3.8) is 0 Å². The third-order valence-electron chi connectivity index (χ3n) is 3.09. The molecule has 2 rings (SSSR count). The van der Waals surface area contributed by atoms with E-state index >= 15 is 0 Å². The fourth-order valence-electron chi connectivity index (χ4n) is 1.94. The predicted octanol–water partition coefficient (Wildman–Crippen LogP) is 3.27. The van der Waals surface area contributed by atoms with Crippen LogP contribution in [0.2, 0.25) is 5.02 Å². The van der Waals surface area contributed by atoms with E-state index in [1.54, 1.807) is 13.8 Å². The van der Waals surface area contributed by atoms with E-state index in [9.17, 15) is 5.11 Å². The zero-order valence-corrected chi connectivity index (χ0v) is 13.8. The minimum Gasteiger partial charge on any atom is -0.378 e. The maximum absolute atomic E-state index is 9.67. The maximum atomic E-state index is 9.67. The van der Waals surface area contributed by atoms with Crippen LogP contribution in [-0.2, 0) is 6.54 Å². The lowest BCUT2D eigenvalue weighted by molar-refractivity contribution is 0.143. The highest BCUT2D eigenvalue weighted by Crippen LogP contribution is 2.24. The zero-order valence-electron chi connectivity index (χ0n) is 12.2. The first-order chi connectivity index (χ1) is 9.76. The van der Waals surface area contributed by atoms with Gasteiger partial charge in [-0.25, -0.2) is 0 Å². The fourth-order valence-corrected chi connectivity index (χ4v) is 2.39. The molecule has 3 nitrogen and oxygen atoms in total. The average Bonchev–Trinajstić information content (AvgIpc) is 2.66. The molecule has 1 atom stereocenters. The topological polar surface area (TPSA) is 35.5 Å². The van der Waals surface area contributed by atoms with Gasteiger partial charge in [0, 0.05) is 17.3 Å². The number of allylic oxidation sites excluding steroid dienone is 2. The Kier molecular flexibility index (Phi) is 4.73. The van der Waals surface area contributed by atoms with Gasteiger partial charge < -0.3 is 15.3 Å². The lowest BCUT2D eigenvalue weighted by atomic mass is 10.1. The van der Waals surface area contributed by atoms with Crippen molar-refractivity contribution in [3.8, 4) is 11.8 Å². The van der Waals surface area contributed by atoms with E-state index in [2.05, 4.69) is 17.2 Å². The number of nitrogens with zero attached hydrogens (tertiary/aromatic N) is 1. The zero-order chi connectivity index (χ0) is 15.6.